The summed E-state index contributed by atoms with van der Waals surface area (Å²) in [6, 6.07) is 6.23. The zero-order valence-corrected chi connectivity index (χ0v) is 16.8. The van der Waals surface area contributed by atoms with Gasteiger partial charge in [0.2, 0.25) is 0 Å². The lowest BCUT2D eigenvalue weighted by molar-refractivity contribution is -0.947. The van der Waals surface area contributed by atoms with E-state index >= 15 is 0 Å². The second-order valence-corrected chi connectivity index (χ2v) is 7.94. The molecule has 0 unspecified atom stereocenters. The van der Waals surface area contributed by atoms with Crippen LogP contribution < -0.4 is 9.47 Å². The maximum Gasteiger partial charge on any atom is 0.330 e. The first kappa shape index (κ1) is 19.7. The number of benzene rings is 1. The molecule has 0 spiro atoms. The van der Waals surface area contributed by atoms with Crippen LogP contribution in [0.25, 0.3) is 6.08 Å². The molecule has 148 valence electrons. The van der Waals surface area contributed by atoms with Crippen molar-refractivity contribution in [3.63, 3.8) is 0 Å². The summed E-state index contributed by atoms with van der Waals surface area (Å²) in [6.07, 6.45) is 9.49. The van der Waals surface area contributed by atoms with Crippen molar-refractivity contribution < 1.29 is 23.5 Å². The van der Waals surface area contributed by atoms with Gasteiger partial charge in [0.05, 0.1) is 40.4 Å². The number of quaternary nitrogens is 1. The predicted octanol–water partition coefficient (Wildman–Crippen LogP) is 3.67. The number of hydrogen-bond acceptors (Lipinski definition) is 4. The van der Waals surface area contributed by atoms with E-state index in [0.717, 1.165) is 5.56 Å². The van der Waals surface area contributed by atoms with Gasteiger partial charge in [0, 0.05) is 24.0 Å². The molecule has 0 N–H and O–H groups in total. The Morgan fingerprint density at radius 3 is 2.74 bits per heavy atom. The van der Waals surface area contributed by atoms with Gasteiger partial charge in [0.1, 0.15) is 6.61 Å². The van der Waals surface area contributed by atoms with E-state index in [1.807, 2.05) is 18.2 Å². The van der Waals surface area contributed by atoms with Crippen LogP contribution >= 0.6 is 0 Å². The molecule has 2 aliphatic rings. The predicted molar refractivity (Wildman–Crippen MR) is 106 cm³/mol. The van der Waals surface area contributed by atoms with Crippen LogP contribution in [0, 0.1) is 5.92 Å². The molecule has 27 heavy (non-hydrogen) atoms. The smallest absolute Gasteiger partial charge is 0.330 e. The van der Waals surface area contributed by atoms with E-state index in [1.165, 1.54) is 55.8 Å². The van der Waals surface area contributed by atoms with Crippen molar-refractivity contribution in [2.24, 2.45) is 5.92 Å². The van der Waals surface area contributed by atoms with Crippen LogP contribution in [-0.2, 0) is 9.53 Å². The number of fused-ring (bicyclic) bond motifs is 1. The number of hydrogen-bond donors (Lipinski definition) is 0. The van der Waals surface area contributed by atoms with Gasteiger partial charge in [-0.2, -0.15) is 0 Å². The van der Waals surface area contributed by atoms with Crippen LogP contribution in [0.3, 0.4) is 0 Å². The monoisotopic (exact) mass is 374 g/mol. The molecule has 0 amide bonds. The molecule has 2 heterocycles. The SMILES string of the molecule is COc1cccc(/C=C/C(=O)OC[C@@H]2CCC[N@+]3(C)CCCC[C@H]23)c1OC. The van der Waals surface area contributed by atoms with Gasteiger partial charge in [-0.3, -0.25) is 0 Å². The van der Waals surface area contributed by atoms with Gasteiger partial charge < -0.3 is 18.7 Å². The van der Waals surface area contributed by atoms with E-state index in [2.05, 4.69) is 7.05 Å². The van der Waals surface area contributed by atoms with E-state index in [-0.39, 0.29) is 5.97 Å². The fourth-order valence-corrected chi connectivity index (χ4v) is 4.87. The minimum absolute atomic E-state index is 0.296. The first-order valence-corrected chi connectivity index (χ1v) is 9.97. The molecule has 0 aliphatic carbocycles. The maximum atomic E-state index is 12.3. The van der Waals surface area contributed by atoms with Crippen molar-refractivity contribution >= 4 is 12.0 Å². The lowest BCUT2D eigenvalue weighted by Gasteiger charge is -2.51. The topological polar surface area (TPSA) is 44.8 Å². The molecule has 2 fully saturated rings. The summed E-state index contributed by atoms with van der Waals surface area (Å²) in [5.74, 6) is 1.44. The molecule has 1 aromatic carbocycles. The second kappa shape index (κ2) is 8.79. The number of nitrogens with zero attached hydrogens (tertiary/aromatic N) is 1. The summed E-state index contributed by atoms with van der Waals surface area (Å²) in [7, 11) is 5.57. The highest BCUT2D eigenvalue weighted by Crippen LogP contribution is 2.36. The number of carbonyl (C=O) groups excluding carboxylic acids is 1. The zero-order chi connectivity index (χ0) is 19.3. The molecule has 0 radical (unpaired) electrons. The molecule has 0 bridgehead atoms. The summed E-state index contributed by atoms with van der Waals surface area (Å²) in [6.45, 7) is 3.06. The van der Waals surface area contributed by atoms with Crippen molar-refractivity contribution in [2.45, 2.75) is 38.1 Å². The van der Waals surface area contributed by atoms with Crippen LogP contribution in [-0.4, -0.2) is 57.5 Å². The highest BCUT2D eigenvalue weighted by molar-refractivity contribution is 5.87. The molecule has 2 saturated heterocycles. The molecule has 5 nitrogen and oxygen atoms in total. The maximum absolute atomic E-state index is 12.3. The third-order valence-corrected chi connectivity index (χ3v) is 6.28. The Morgan fingerprint density at radius 2 is 1.96 bits per heavy atom. The molecule has 3 rings (SSSR count). The first-order valence-electron chi connectivity index (χ1n) is 9.97. The fraction of sp³-hybridized carbons (Fsp3) is 0.591. The second-order valence-electron chi connectivity index (χ2n) is 7.94. The van der Waals surface area contributed by atoms with Crippen LogP contribution in [0.1, 0.15) is 37.7 Å². The lowest BCUT2D eigenvalue weighted by atomic mass is 9.82. The summed E-state index contributed by atoms with van der Waals surface area (Å²) in [4.78, 5) is 12.3. The highest BCUT2D eigenvalue weighted by Gasteiger charge is 2.43. The normalized spacial score (nSPS) is 27.8. The van der Waals surface area contributed by atoms with E-state index in [1.54, 1.807) is 20.3 Å². The molecule has 0 saturated carbocycles. The van der Waals surface area contributed by atoms with Gasteiger partial charge in [0.25, 0.3) is 0 Å². The van der Waals surface area contributed by atoms with E-state index in [4.69, 9.17) is 14.2 Å². The Bertz CT molecular complexity index is 683. The zero-order valence-electron chi connectivity index (χ0n) is 16.8. The van der Waals surface area contributed by atoms with Gasteiger partial charge >= 0.3 is 5.97 Å². The Hall–Kier alpha value is -2.01. The number of methoxy groups -OCH3 is 2. The van der Waals surface area contributed by atoms with Crippen LogP contribution in [0.15, 0.2) is 24.3 Å². The van der Waals surface area contributed by atoms with E-state index in [9.17, 15) is 4.79 Å². The molecule has 3 atom stereocenters. The van der Waals surface area contributed by atoms with Gasteiger partial charge in [-0.25, -0.2) is 4.79 Å². The van der Waals surface area contributed by atoms with Crippen molar-refractivity contribution in [1.82, 2.24) is 0 Å². The average Bonchev–Trinajstić information content (AvgIpc) is 2.69. The molecule has 0 aromatic heterocycles. The van der Waals surface area contributed by atoms with E-state index < -0.39 is 0 Å². The van der Waals surface area contributed by atoms with Gasteiger partial charge in [-0.05, 0) is 37.8 Å². The summed E-state index contributed by atoms with van der Waals surface area (Å²) < 4.78 is 17.5. The molecular formula is C22H32NO4+. The third-order valence-electron chi connectivity index (χ3n) is 6.28. The summed E-state index contributed by atoms with van der Waals surface area (Å²) in [5, 5.41) is 0. The van der Waals surface area contributed by atoms with Crippen LogP contribution in [0.2, 0.25) is 0 Å². The largest absolute Gasteiger partial charge is 0.493 e. The van der Waals surface area contributed by atoms with Crippen molar-refractivity contribution in [3.8, 4) is 11.5 Å². The molecule has 5 heteroatoms. The lowest BCUT2D eigenvalue weighted by Crippen LogP contribution is -2.61. The Kier molecular flexibility index (Phi) is 6.42. The molecule has 2 aliphatic heterocycles. The number of carbonyl (C=O) groups is 1. The van der Waals surface area contributed by atoms with Gasteiger partial charge in [0.15, 0.2) is 11.5 Å². The minimum Gasteiger partial charge on any atom is -0.493 e. The standard InChI is InChI=1S/C22H32NO4/c1-23-14-5-4-10-19(23)18(9-7-15-23)16-27-21(24)13-12-17-8-6-11-20(25-2)22(17)26-3/h6,8,11-13,18-19H,4-5,7,9-10,14-16H2,1-3H3/q+1/b13-12+/t18-,19+,23-/m0/s1. The average molecular weight is 375 g/mol. The summed E-state index contributed by atoms with van der Waals surface area (Å²) in [5.41, 5.74) is 0.794. The fourth-order valence-electron chi connectivity index (χ4n) is 4.87. The molecular weight excluding hydrogens is 342 g/mol. The quantitative estimate of drug-likeness (QED) is 0.433. The number of piperidine rings is 2. The van der Waals surface area contributed by atoms with Crippen molar-refractivity contribution in [2.75, 3.05) is 41.0 Å². The number of para-hydroxylation sites is 1. The number of esters is 1. The van der Waals surface area contributed by atoms with Gasteiger partial charge in [-0.15, -0.1) is 0 Å². The van der Waals surface area contributed by atoms with Crippen molar-refractivity contribution in [1.29, 1.82) is 0 Å². The van der Waals surface area contributed by atoms with Crippen LogP contribution in [0.5, 0.6) is 11.5 Å². The van der Waals surface area contributed by atoms with E-state index in [0.29, 0.717) is 30.1 Å². The highest BCUT2D eigenvalue weighted by atomic mass is 16.5. The van der Waals surface area contributed by atoms with Crippen molar-refractivity contribution in [3.05, 3.63) is 29.8 Å². The molecule has 1 aromatic rings. The number of rotatable bonds is 6. The Labute approximate surface area is 162 Å². The van der Waals surface area contributed by atoms with Crippen LogP contribution in [0.4, 0.5) is 0 Å². The minimum atomic E-state index is -0.296. The first-order chi connectivity index (χ1) is 13.1. The van der Waals surface area contributed by atoms with Gasteiger partial charge in [-0.1, -0.05) is 12.1 Å². The third kappa shape index (κ3) is 4.46. The Balaban J connectivity index is 1.59. The number of ether oxygens (including phenoxy) is 3. The Morgan fingerprint density at radius 1 is 1.15 bits per heavy atom. The summed E-state index contributed by atoms with van der Waals surface area (Å²) >= 11 is 0.